The van der Waals surface area contributed by atoms with Gasteiger partial charge >= 0.3 is 6.09 Å². The van der Waals surface area contributed by atoms with Crippen molar-refractivity contribution in [3.63, 3.8) is 0 Å². The Morgan fingerprint density at radius 2 is 1.81 bits per heavy atom. The van der Waals surface area contributed by atoms with Gasteiger partial charge in [-0.05, 0) is 53.1 Å². The first kappa shape index (κ1) is 32.9. The SMILES string of the molecule is COCOc1ccc(F)cc1[C@@H](C(=O)Nc1nccs1)N1Cc2ccc(-c3ccc(N4CCN(CCNC(=O)O)CC4)cc3)cc2C1=O. The van der Waals surface area contributed by atoms with Crippen LogP contribution in [0.2, 0.25) is 0 Å². The van der Waals surface area contributed by atoms with Gasteiger partial charge < -0.3 is 29.7 Å². The van der Waals surface area contributed by atoms with Crippen LogP contribution in [0.25, 0.3) is 11.1 Å². The zero-order valence-electron chi connectivity index (χ0n) is 26.2. The van der Waals surface area contributed by atoms with Gasteiger partial charge in [0.25, 0.3) is 11.8 Å². The molecule has 250 valence electrons. The number of hydrogen-bond acceptors (Lipinski definition) is 9. The summed E-state index contributed by atoms with van der Waals surface area (Å²) in [6.45, 7) is 4.43. The van der Waals surface area contributed by atoms with Crippen LogP contribution in [0.5, 0.6) is 5.75 Å². The third-order valence-corrected chi connectivity index (χ3v) is 9.09. The third kappa shape index (κ3) is 7.40. The van der Waals surface area contributed by atoms with E-state index in [2.05, 4.69) is 37.6 Å². The first-order chi connectivity index (χ1) is 23.3. The molecule has 4 aromatic rings. The Morgan fingerprint density at radius 3 is 2.52 bits per heavy atom. The van der Waals surface area contributed by atoms with Gasteiger partial charge in [0.05, 0.1) is 0 Å². The number of ether oxygens (including phenoxy) is 2. The summed E-state index contributed by atoms with van der Waals surface area (Å²) in [6, 6.07) is 16.5. The van der Waals surface area contributed by atoms with Crippen molar-refractivity contribution < 1.29 is 33.4 Å². The highest BCUT2D eigenvalue weighted by molar-refractivity contribution is 7.13. The van der Waals surface area contributed by atoms with Crippen LogP contribution in [0.1, 0.15) is 27.5 Å². The molecule has 0 saturated carbocycles. The molecule has 12 nitrogen and oxygen atoms in total. The summed E-state index contributed by atoms with van der Waals surface area (Å²) in [6.07, 6.45) is 0.547. The summed E-state index contributed by atoms with van der Waals surface area (Å²) in [4.78, 5) is 48.6. The fourth-order valence-electron chi connectivity index (χ4n) is 6.02. The van der Waals surface area contributed by atoms with Gasteiger partial charge in [0.15, 0.2) is 11.9 Å². The molecule has 3 aromatic carbocycles. The minimum Gasteiger partial charge on any atom is -0.467 e. The minimum atomic E-state index is -1.21. The van der Waals surface area contributed by atoms with E-state index < -0.39 is 23.9 Å². The van der Waals surface area contributed by atoms with Crippen molar-refractivity contribution >= 4 is 40.1 Å². The average Bonchev–Trinajstić information content (AvgIpc) is 3.72. The van der Waals surface area contributed by atoms with Gasteiger partial charge in [0.1, 0.15) is 17.6 Å². The minimum absolute atomic E-state index is 0.127. The summed E-state index contributed by atoms with van der Waals surface area (Å²) >= 11 is 1.23. The van der Waals surface area contributed by atoms with Crippen LogP contribution < -0.4 is 20.3 Å². The summed E-state index contributed by atoms with van der Waals surface area (Å²) in [5.74, 6) is -1.26. The molecule has 48 heavy (non-hydrogen) atoms. The number of amides is 3. The Balaban J connectivity index is 1.20. The molecule has 2 aliphatic heterocycles. The van der Waals surface area contributed by atoms with E-state index in [1.54, 1.807) is 11.6 Å². The number of hydrogen-bond donors (Lipinski definition) is 3. The largest absolute Gasteiger partial charge is 0.467 e. The lowest BCUT2D eigenvalue weighted by molar-refractivity contribution is -0.121. The number of halogens is 1. The van der Waals surface area contributed by atoms with E-state index >= 15 is 0 Å². The van der Waals surface area contributed by atoms with Crippen LogP contribution in [-0.4, -0.2) is 91.0 Å². The monoisotopic (exact) mass is 674 g/mol. The van der Waals surface area contributed by atoms with E-state index in [4.69, 9.17) is 14.6 Å². The molecule has 1 fully saturated rings. The maximum absolute atomic E-state index is 14.6. The number of carbonyl (C=O) groups excluding carboxylic acids is 2. The van der Waals surface area contributed by atoms with Crippen LogP contribution >= 0.6 is 11.3 Å². The van der Waals surface area contributed by atoms with Crippen LogP contribution in [0.3, 0.4) is 0 Å². The van der Waals surface area contributed by atoms with Gasteiger partial charge in [-0.25, -0.2) is 14.2 Å². The third-order valence-electron chi connectivity index (χ3n) is 8.41. The second-order valence-electron chi connectivity index (χ2n) is 11.4. The quantitative estimate of drug-likeness (QED) is 0.183. The number of carbonyl (C=O) groups is 3. The lowest BCUT2D eigenvalue weighted by atomic mass is 10.00. The van der Waals surface area contributed by atoms with E-state index in [0.29, 0.717) is 23.8 Å². The Morgan fingerprint density at radius 1 is 1.04 bits per heavy atom. The molecule has 1 saturated heterocycles. The molecule has 0 unspecified atom stereocenters. The van der Waals surface area contributed by atoms with E-state index in [1.807, 2.05) is 30.3 Å². The zero-order chi connectivity index (χ0) is 33.6. The highest BCUT2D eigenvalue weighted by Crippen LogP contribution is 2.38. The predicted molar refractivity (Wildman–Crippen MR) is 179 cm³/mol. The van der Waals surface area contributed by atoms with Crippen LogP contribution in [-0.2, 0) is 16.1 Å². The van der Waals surface area contributed by atoms with Gasteiger partial charge in [-0.2, -0.15) is 0 Å². The van der Waals surface area contributed by atoms with Crippen molar-refractivity contribution in [2.24, 2.45) is 0 Å². The summed E-state index contributed by atoms with van der Waals surface area (Å²) in [5, 5.41) is 16.0. The Hall–Kier alpha value is -5.05. The Bertz CT molecular complexity index is 1760. The Kier molecular flexibility index (Phi) is 10.1. The molecule has 3 heterocycles. The van der Waals surface area contributed by atoms with Crippen molar-refractivity contribution in [3.8, 4) is 16.9 Å². The number of thiazole rings is 1. The molecule has 3 N–H and O–H groups in total. The zero-order valence-corrected chi connectivity index (χ0v) is 27.0. The molecule has 0 radical (unpaired) electrons. The smallest absolute Gasteiger partial charge is 0.404 e. The summed E-state index contributed by atoms with van der Waals surface area (Å²) in [5.41, 5.74) is 4.28. The molecule has 0 aliphatic carbocycles. The number of rotatable bonds is 12. The molecular weight excluding hydrogens is 639 g/mol. The van der Waals surface area contributed by atoms with E-state index in [0.717, 1.165) is 48.6 Å². The number of anilines is 2. The second kappa shape index (κ2) is 14.8. The number of piperazine rings is 1. The fraction of sp³-hybridized carbons (Fsp3) is 0.294. The Labute approximate surface area is 280 Å². The number of nitrogens with one attached hydrogen (secondary N) is 2. The average molecular weight is 675 g/mol. The first-order valence-electron chi connectivity index (χ1n) is 15.4. The number of benzene rings is 3. The van der Waals surface area contributed by atoms with Crippen molar-refractivity contribution in [2.45, 2.75) is 12.6 Å². The highest BCUT2D eigenvalue weighted by atomic mass is 32.1. The standard InChI is InChI=1S/C34H35FN6O6S/c1-46-21-47-29-9-6-25(35)19-28(29)30(31(42)38-33-36-11-17-48-33)41-20-24-3-2-23(18-27(24)32(41)43)22-4-7-26(8-5-22)40-15-13-39(14-16-40)12-10-37-34(44)45/h2-9,11,17-19,30,37H,10,12-16,20-21H2,1H3,(H,44,45)(H,36,38,42)/t30-/m0/s1. The van der Waals surface area contributed by atoms with Gasteiger partial charge in [0.2, 0.25) is 0 Å². The first-order valence-corrected chi connectivity index (χ1v) is 16.3. The van der Waals surface area contributed by atoms with E-state index in [9.17, 15) is 18.8 Å². The second-order valence-corrected chi connectivity index (χ2v) is 12.3. The molecule has 3 amide bonds. The molecule has 1 atom stereocenters. The lowest BCUT2D eigenvalue weighted by Crippen LogP contribution is -2.48. The van der Waals surface area contributed by atoms with Crippen molar-refractivity contribution in [1.29, 1.82) is 0 Å². The molecule has 0 spiro atoms. The van der Waals surface area contributed by atoms with Crippen molar-refractivity contribution in [1.82, 2.24) is 20.1 Å². The lowest BCUT2D eigenvalue weighted by Gasteiger charge is -2.36. The van der Waals surface area contributed by atoms with Gasteiger partial charge in [0, 0.05) is 81.3 Å². The molecule has 2 aliphatic rings. The number of aromatic nitrogens is 1. The molecule has 6 rings (SSSR count). The normalized spacial score (nSPS) is 15.2. The van der Waals surface area contributed by atoms with Crippen LogP contribution in [0.15, 0.2) is 72.2 Å². The number of methoxy groups -OCH3 is 1. The number of fused-ring (bicyclic) bond motifs is 1. The van der Waals surface area contributed by atoms with Gasteiger partial charge in [-0.1, -0.05) is 24.3 Å². The summed E-state index contributed by atoms with van der Waals surface area (Å²) < 4.78 is 25.4. The summed E-state index contributed by atoms with van der Waals surface area (Å²) in [7, 11) is 1.45. The van der Waals surface area contributed by atoms with Gasteiger partial charge in [-0.3, -0.25) is 19.8 Å². The highest BCUT2D eigenvalue weighted by Gasteiger charge is 2.39. The molecule has 1 aromatic heterocycles. The predicted octanol–water partition coefficient (Wildman–Crippen LogP) is 4.66. The van der Waals surface area contributed by atoms with Crippen LogP contribution in [0, 0.1) is 5.82 Å². The van der Waals surface area contributed by atoms with Crippen molar-refractivity contribution in [2.75, 3.05) is 63.4 Å². The van der Waals surface area contributed by atoms with E-state index in [-0.39, 0.29) is 30.6 Å². The molecular formula is C34H35FN6O6S. The topological polar surface area (TPSA) is 137 Å². The van der Waals surface area contributed by atoms with Crippen LogP contribution in [0.4, 0.5) is 20.0 Å². The van der Waals surface area contributed by atoms with Gasteiger partial charge in [-0.15, -0.1) is 11.3 Å². The maximum atomic E-state index is 14.6. The van der Waals surface area contributed by atoms with E-state index in [1.165, 1.54) is 41.5 Å². The fourth-order valence-corrected chi connectivity index (χ4v) is 6.56. The molecule has 0 bridgehead atoms. The van der Waals surface area contributed by atoms with Crippen molar-refractivity contribution in [3.05, 3.63) is 94.7 Å². The number of carboxylic acid groups (broad SMARTS) is 1. The maximum Gasteiger partial charge on any atom is 0.404 e. The number of nitrogens with zero attached hydrogens (tertiary/aromatic N) is 4. The molecule has 14 heteroatoms.